The first-order valence-electron chi connectivity index (χ1n) is 0. The molecule has 0 N–H and O–H groups in total. The van der Waals surface area contributed by atoms with Gasteiger partial charge in [0.15, 0.2) is 17.4 Å². The molecule has 0 nitrogen and oxygen atoms in total. The quantitative estimate of drug-likeness (QED) is 0.493. The molecular weight excluding hydrogens is 289 g/mol. The smallest absolute Gasteiger partial charge is 0 e. The Kier molecular flexibility index (Phi) is 132. The summed E-state index contributed by atoms with van der Waals surface area (Å²) in [6, 6.07) is 0. The van der Waals surface area contributed by atoms with Gasteiger partial charge in [-0.1, -0.05) is 0 Å². The number of hydrogen-bond donors (Lipinski definition) is 0. The van der Waals surface area contributed by atoms with Gasteiger partial charge in [-0.15, -0.1) is 0 Å². The average Bonchev–Trinajstić information content (AvgIpc) is 0. The molecule has 0 aromatic rings. The van der Waals surface area contributed by atoms with E-state index in [1.165, 1.54) is 0 Å². The van der Waals surface area contributed by atoms with Crippen molar-refractivity contribution in [2.45, 2.75) is 0 Å². The fourth-order valence-electron chi connectivity index (χ4n) is 0. The fraction of sp³-hybridized carbons (Fsp3) is 0. The van der Waals surface area contributed by atoms with Crippen LogP contribution in [0, 0.1) is 0 Å². The number of rotatable bonds is 0. The summed E-state index contributed by atoms with van der Waals surface area (Å²) in [5.41, 5.74) is 0. The summed E-state index contributed by atoms with van der Waals surface area (Å²) >= 11 is 0. The second-order valence-corrected chi connectivity index (χ2v) is 0. The van der Waals surface area contributed by atoms with Crippen molar-refractivity contribution < 1.29 is 64.5 Å². The van der Waals surface area contributed by atoms with Crippen LogP contribution in [-0.2, 0) is 64.5 Å². The summed E-state index contributed by atoms with van der Waals surface area (Å²) in [5.74, 6) is 0. The molecule has 0 aliphatic heterocycles. The van der Waals surface area contributed by atoms with Crippen molar-refractivity contribution in [3.05, 3.63) is 0 Å². The largest absolute Gasteiger partial charge is 0.187 e. The van der Waals surface area contributed by atoms with E-state index < -0.39 is 0 Å². The Morgan fingerprint density at radius 1 is 1.00 bits per heavy atom. The van der Waals surface area contributed by atoms with E-state index in [2.05, 4.69) is 0 Å². The third kappa shape index (κ3) is 8.82. The normalized spacial score (nSPS) is 0. The Morgan fingerprint density at radius 2 is 1.00 bits per heavy atom. The minimum absolute atomic E-state index is 0. The standard InChI is InChI=1S/Ag.Al.Pd.Ti.3H. The van der Waals surface area contributed by atoms with Gasteiger partial charge in [-0.2, -0.15) is 0 Å². The molecule has 0 rings (SSSR count). The first kappa shape index (κ1) is 30.2. The van der Waals surface area contributed by atoms with Gasteiger partial charge >= 0.3 is 0 Å². The van der Waals surface area contributed by atoms with Crippen LogP contribution < -0.4 is 0 Å². The molecule has 0 unspecified atom stereocenters. The molecule has 0 spiro atoms. The molecule has 0 heterocycles. The van der Waals surface area contributed by atoms with Crippen LogP contribution in [0.25, 0.3) is 0 Å². The van der Waals surface area contributed by atoms with Crippen LogP contribution in [0.1, 0.15) is 0 Å². The van der Waals surface area contributed by atoms with Crippen molar-refractivity contribution in [2.24, 2.45) is 0 Å². The molecule has 1 radical (unpaired) electrons. The molecular formula is H3AgAlPdTi. The van der Waals surface area contributed by atoms with Gasteiger partial charge in [0, 0.05) is 64.5 Å². The second-order valence-electron chi connectivity index (χ2n) is 0. The van der Waals surface area contributed by atoms with Crippen LogP contribution in [0.2, 0.25) is 0 Å². The second kappa shape index (κ2) is 17.4. The Hall–Kier alpha value is 2.65. The maximum Gasteiger partial charge on any atom is 0.187 e. The van der Waals surface area contributed by atoms with E-state index in [9.17, 15) is 0 Å². The Balaban J connectivity index is 0. The van der Waals surface area contributed by atoms with Gasteiger partial charge in [0.25, 0.3) is 0 Å². The first-order chi connectivity index (χ1) is 0. The molecule has 4 heavy (non-hydrogen) atoms. The molecule has 0 saturated heterocycles. The van der Waals surface area contributed by atoms with Crippen LogP contribution in [0.4, 0.5) is 0 Å². The Labute approximate surface area is 80.7 Å². The zero-order valence-electron chi connectivity index (χ0n) is 1.12. The van der Waals surface area contributed by atoms with E-state index in [0.29, 0.717) is 0 Å². The van der Waals surface area contributed by atoms with Crippen molar-refractivity contribution in [1.82, 2.24) is 0 Å². The van der Waals surface area contributed by atoms with Gasteiger partial charge in [-0.05, 0) is 0 Å². The van der Waals surface area contributed by atoms with Crippen molar-refractivity contribution in [3.8, 4) is 0 Å². The zero-order chi connectivity index (χ0) is 0. The summed E-state index contributed by atoms with van der Waals surface area (Å²) in [5, 5.41) is 0. The van der Waals surface area contributed by atoms with Gasteiger partial charge in [0.05, 0.1) is 0 Å². The van der Waals surface area contributed by atoms with Crippen LogP contribution in [0.15, 0.2) is 0 Å². The van der Waals surface area contributed by atoms with Gasteiger partial charge in [-0.25, -0.2) is 0 Å². The molecule has 0 saturated carbocycles. The monoisotopic (exact) mass is 291 g/mol. The van der Waals surface area contributed by atoms with Gasteiger partial charge in [0.1, 0.15) is 0 Å². The zero-order valence-corrected chi connectivity index (χ0v) is 5.72. The van der Waals surface area contributed by atoms with E-state index in [4.69, 9.17) is 0 Å². The SMILES string of the molecule is [Ag].[AlH3].[Pd].[Ti]. The predicted molar refractivity (Wildman–Crippen MR) is 9.94 cm³/mol. The Bertz CT molecular complexity index is 8.00. The van der Waals surface area contributed by atoms with E-state index in [0.717, 1.165) is 0 Å². The summed E-state index contributed by atoms with van der Waals surface area (Å²) in [6.45, 7) is 0. The average molecular weight is 292 g/mol. The molecule has 0 aromatic heterocycles. The van der Waals surface area contributed by atoms with Crippen LogP contribution >= 0.6 is 0 Å². The van der Waals surface area contributed by atoms with E-state index >= 15 is 0 Å². The Morgan fingerprint density at radius 3 is 1.00 bits per heavy atom. The number of hydrogen-bond acceptors (Lipinski definition) is 0. The van der Waals surface area contributed by atoms with Crippen molar-refractivity contribution >= 4 is 17.4 Å². The minimum Gasteiger partial charge on any atom is 0 e. The molecule has 0 amide bonds. The molecule has 0 aliphatic rings. The molecule has 0 aromatic carbocycles. The van der Waals surface area contributed by atoms with Crippen molar-refractivity contribution in [2.75, 3.05) is 0 Å². The van der Waals surface area contributed by atoms with Gasteiger partial charge in [0.2, 0.25) is 0 Å². The third-order valence-electron chi connectivity index (χ3n) is 0. The summed E-state index contributed by atoms with van der Waals surface area (Å²) in [4.78, 5) is 0. The molecule has 0 fully saturated rings. The third-order valence-corrected chi connectivity index (χ3v) is 0. The summed E-state index contributed by atoms with van der Waals surface area (Å²) < 4.78 is 0. The van der Waals surface area contributed by atoms with Crippen LogP contribution in [0.5, 0.6) is 0 Å². The molecule has 0 aliphatic carbocycles. The summed E-state index contributed by atoms with van der Waals surface area (Å²) in [7, 11) is 0. The topological polar surface area (TPSA) is 0 Å². The van der Waals surface area contributed by atoms with Crippen molar-refractivity contribution in [3.63, 3.8) is 0 Å². The van der Waals surface area contributed by atoms with Crippen LogP contribution in [0.3, 0.4) is 0 Å². The van der Waals surface area contributed by atoms with Gasteiger partial charge < -0.3 is 0 Å². The van der Waals surface area contributed by atoms with E-state index in [1.807, 2.05) is 0 Å². The van der Waals surface area contributed by atoms with E-state index in [1.54, 1.807) is 0 Å². The fourth-order valence-corrected chi connectivity index (χ4v) is 0. The van der Waals surface area contributed by atoms with Gasteiger partial charge in [-0.3, -0.25) is 0 Å². The van der Waals surface area contributed by atoms with E-state index in [-0.39, 0.29) is 81.9 Å². The molecule has 31 valence electrons. The molecule has 0 atom stereocenters. The summed E-state index contributed by atoms with van der Waals surface area (Å²) in [6.07, 6.45) is 0. The van der Waals surface area contributed by atoms with Crippen molar-refractivity contribution in [1.29, 1.82) is 0 Å². The first-order valence-corrected chi connectivity index (χ1v) is 0. The molecule has 4 heteroatoms. The predicted octanol–water partition coefficient (Wildman–Crippen LogP) is -1.19. The maximum absolute atomic E-state index is 0. The minimum atomic E-state index is 0. The van der Waals surface area contributed by atoms with Crippen LogP contribution in [-0.4, -0.2) is 17.4 Å². The molecule has 0 bridgehead atoms. The maximum atomic E-state index is 0.